The SMILES string of the molecule is CCNc1cc(Oc2cccnc2C)cc([N+](=O)[O-])c1. The number of rotatable bonds is 5. The minimum Gasteiger partial charge on any atom is -0.455 e. The lowest BCUT2D eigenvalue weighted by molar-refractivity contribution is -0.384. The summed E-state index contributed by atoms with van der Waals surface area (Å²) in [4.78, 5) is 14.6. The van der Waals surface area contributed by atoms with E-state index >= 15 is 0 Å². The van der Waals surface area contributed by atoms with Gasteiger partial charge in [-0.1, -0.05) is 0 Å². The summed E-state index contributed by atoms with van der Waals surface area (Å²) >= 11 is 0. The van der Waals surface area contributed by atoms with Gasteiger partial charge in [0.25, 0.3) is 5.69 Å². The highest BCUT2D eigenvalue weighted by Gasteiger charge is 2.11. The Morgan fingerprint density at radius 3 is 2.85 bits per heavy atom. The summed E-state index contributed by atoms with van der Waals surface area (Å²) in [5, 5.41) is 14.0. The Labute approximate surface area is 116 Å². The second-order valence-electron chi connectivity index (χ2n) is 4.19. The highest BCUT2D eigenvalue weighted by Crippen LogP contribution is 2.30. The number of pyridine rings is 1. The molecule has 0 saturated heterocycles. The zero-order valence-electron chi connectivity index (χ0n) is 11.3. The first-order valence-electron chi connectivity index (χ1n) is 6.23. The lowest BCUT2D eigenvalue weighted by Gasteiger charge is -2.10. The fourth-order valence-corrected chi connectivity index (χ4v) is 1.76. The first-order chi connectivity index (χ1) is 9.60. The summed E-state index contributed by atoms with van der Waals surface area (Å²) in [6.07, 6.45) is 1.67. The number of non-ortho nitro benzene ring substituents is 1. The number of hydrogen-bond donors (Lipinski definition) is 1. The molecular weight excluding hydrogens is 258 g/mol. The molecule has 0 bridgehead atoms. The Hall–Kier alpha value is -2.63. The number of hydrogen-bond acceptors (Lipinski definition) is 5. The number of nitro groups is 1. The van der Waals surface area contributed by atoms with Gasteiger partial charge in [-0.25, -0.2) is 0 Å². The number of aromatic nitrogens is 1. The largest absolute Gasteiger partial charge is 0.455 e. The normalized spacial score (nSPS) is 10.1. The van der Waals surface area contributed by atoms with Crippen molar-refractivity contribution >= 4 is 11.4 Å². The van der Waals surface area contributed by atoms with Crippen LogP contribution in [0.1, 0.15) is 12.6 Å². The van der Waals surface area contributed by atoms with Crippen LogP contribution in [0.2, 0.25) is 0 Å². The highest BCUT2D eigenvalue weighted by molar-refractivity contribution is 5.57. The molecule has 20 heavy (non-hydrogen) atoms. The van der Waals surface area contributed by atoms with E-state index in [1.807, 2.05) is 13.8 Å². The summed E-state index contributed by atoms with van der Waals surface area (Å²) in [6.45, 7) is 4.41. The molecule has 1 aromatic heterocycles. The van der Waals surface area contributed by atoms with Crippen LogP contribution in [-0.4, -0.2) is 16.5 Å². The number of ether oxygens (including phenoxy) is 1. The Bertz CT molecular complexity index is 629. The number of nitrogens with one attached hydrogen (secondary N) is 1. The summed E-state index contributed by atoms with van der Waals surface area (Å²) in [5.41, 5.74) is 1.36. The van der Waals surface area contributed by atoms with Crippen LogP contribution in [0.4, 0.5) is 11.4 Å². The van der Waals surface area contributed by atoms with Crippen molar-refractivity contribution in [2.45, 2.75) is 13.8 Å². The molecule has 2 rings (SSSR count). The molecular formula is C14H15N3O3. The van der Waals surface area contributed by atoms with E-state index in [0.717, 1.165) is 5.69 Å². The van der Waals surface area contributed by atoms with Crippen LogP contribution in [0, 0.1) is 17.0 Å². The average Bonchev–Trinajstić information content (AvgIpc) is 2.41. The molecule has 6 nitrogen and oxygen atoms in total. The van der Waals surface area contributed by atoms with Gasteiger partial charge in [0.05, 0.1) is 16.7 Å². The molecule has 0 aliphatic heterocycles. The van der Waals surface area contributed by atoms with Crippen LogP contribution in [-0.2, 0) is 0 Å². The van der Waals surface area contributed by atoms with Crippen LogP contribution >= 0.6 is 0 Å². The minimum atomic E-state index is -0.441. The number of benzene rings is 1. The Balaban J connectivity index is 2.35. The van der Waals surface area contributed by atoms with E-state index in [-0.39, 0.29) is 5.69 Å². The average molecular weight is 273 g/mol. The molecule has 0 unspecified atom stereocenters. The maximum atomic E-state index is 10.9. The number of nitro benzene ring substituents is 1. The van der Waals surface area contributed by atoms with Crippen LogP contribution in [0.25, 0.3) is 0 Å². The third-order valence-corrected chi connectivity index (χ3v) is 2.67. The topological polar surface area (TPSA) is 77.3 Å². The predicted octanol–water partition coefficient (Wildman–Crippen LogP) is 3.52. The monoisotopic (exact) mass is 273 g/mol. The van der Waals surface area contributed by atoms with Crippen molar-refractivity contribution in [1.29, 1.82) is 0 Å². The van der Waals surface area contributed by atoms with E-state index < -0.39 is 4.92 Å². The molecule has 0 aliphatic rings. The Morgan fingerprint density at radius 1 is 1.40 bits per heavy atom. The maximum Gasteiger partial charge on any atom is 0.275 e. The maximum absolute atomic E-state index is 10.9. The van der Waals surface area contributed by atoms with Crippen LogP contribution in [0.3, 0.4) is 0 Å². The molecule has 6 heteroatoms. The van der Waals surface area contributed by atoms with Gasteiger partial charge in [-0.3, -0.25) is 15.1 Å². The van der Waals surface area contributed by atoms with E-state index in [2.05, 4.69) is 10.3 Å². The Kier molecular flexibility index (Phi) is 4.14. The zero-order chi connectivity index (χ0) is 14.5. The van der Waals surface area contributed by atoms with Gasteiger partial charge in [0.1, 0.15) is 11.5 Å². The van der Waals surface area contributed by atoms with Crippen molar-refractivity contribution in [2.75, 3.05) is 11.9 Å². The van der Waals surface area contributed by atoms with Crippen molar-refractivity contribution in [3.05, 3.63) is 52.3 Å². The van der Waals surface area contributed by atoms with Crippen LogP contribution < -0.4 is 10.1 Å². The van der Waals surface area contributed by atoms with Crippen LogP contribution in [0.5, 0.6) is 11.5 Å². The zero-order valence-corrected chi connectivity index (χ0v) is 11.3. The summed E-state index contributed by atoms with van der Waals surface area (Å²) in [5.74, 6) is 0.988. The molecule has 0 aliphatic carbocycles. The lowest BCUT2D eigenvalue weighted by Crippen LogP contribution is -1.99. The number of nitrogens with zero attached hydrogens (tertiary/aromatic N) is 2. The number of aryl methyl sites for hydroxylation is 1. The molecule has 0 amide bonds. The van der Waals surface area contributed by atoms with E-state index in [1.165, 1.54) is 12.1 Å². The van der Waals surface area contributed by atoms with Gasteiger partial charge in [0.2, 0.25) is 0 Å². The van der Waals surface area contributed by atoms with E-state index in [4.69, 9.17) is 4.74 Å². The molecule has 104 valence electrons. The first kappa shape index (κ1) is 13.8. The quantitative estimate of drug-likeness (QED) is 0.666. The second kappa shape index (κ2) is 6.01. The Morgan fingerprint density at radius 2 is 2.20 bits per heavy atom. The van der Waals surface area contributed by atoms with Gasteiger partial charge in [-0.15, -0.1) is 0 Å². The highest BCUT2D eigenvalue weighted by atomic mass is 16.6. The van der Waals surface area contributed by atoms with Crippen LogP contribution in [0.15, 0.2) is 36.5 Å². The summed E-state index contributed by atoms with van der Waals surface area (Å²) in [6, 6.07) is 8.13. The molecule has 0 spiro atoms. The first-order valence-corrected chi connectivity index (χ1v) is 6.23. The standard InChI is InChI=1S/C14H15N3O3/c1-3-15-11-7-12(17(18)19)9-13(8-11)20-14-5-4-6-16-10(14)2/h4-9,15H,3H2,1-2H3. The summed E-state index contributed by atoms with van der Waals surface area (Å²) in [7, 11) is 0. The smallest absolute Gasteiger partial charge is 0.275 e. The number of anilines is 1. The van der Waals surface area contributed by atoms with Gasteiger partial charge in [-0.2, -0.15) is 0 Å². The fourth-order valence-electron chi connectivity index (χ4n) is 1.76. The molecule has 0 saturated carbocycles. The molecule has 2 aromatic rings. The molecule has 0 atom stereocenters. The van der Waals surface area contributed by atoms with Gasteiger partial charge in [-0.05, 0) is 26.0 Å². The van der Waals surface area contributed by atoms with E-state index in [9.17, 15) is 10.1 Å². The van der Waals surface area contributed by atoms with Gasteiger partial charge >= 0.3 is 0 Å². The molecule has 1 heterocycles. The van der Waals surface area contributed by atoms with Crippen molar-refractivity contribution in [3.63, 3.8) is 0 Å². The third-order valence-electron chi connectivity index (χ3n) is 2.67. The van der Waals surface area contributed by atoms with Crippen molar-refractivity contribution in [2.24, 2.45) is 0 Å². The van der Waals surface area contributed by atoms with Crippen molar-refractivity contribution in [1.82, 2.24) is 4.98 Å². The molecule has 0 fully saturated rings. The molecule has 0 radical (unpaired) electrons. The molecule has 1 aromatic carbocycles. The third kappa shape index (κ3) is 3.23. The van der Waals surface area contributed by atoms with Gasteiger partial charge < -0.3 is 10.1 Å². The second-order valence-corrected chi connectivity index (χ2v) is 4.19. The van der Waals surface area contributed by atoms with Gasteiger partial charge in [0, 0.05) is 30.6 Å². The predicted molar refractivity (Wildman–Crippen MR) is 76.3 cm³/mol. The van der Waals surface area contributed by atoms with Crippen molar-refractivity contribution < 1.29 is 9.66 Å². The van der Waals surface area contributed by atoms with Crippen molar-refractivity contribution in [3.8, 4) is 11.5 Å². The van der Waals surface area contributed by atoms with E-state index in [1.54, 1.807) is 24.4 Å². The van der Waals surface area contributed by atoms with Gasteiger partial charge in [0.15, 0.2) is 0 Å². The summed E-state index contributed by atoms with van der Waals surface area (Å²) < 4.78 is 5.68. The van der Waals surface area contributed by atoms with E-state index in [0.29, 0.717) is 23.7 Å². The lowest BCUT2D eigenvalue weighted by atomic mass is 10.2. The fraction of sp³-hybridized carbons (Fsp3) is 0.214. The minimum absolute atomic E-state index is 0.0139. The molecule has 1 N–H and O–H groups in total.